The number of aromatic nitrogens is 4. The summed E-state index contributed by atoms with van der Waals surface area (Å²) in [6.07, 6.45) is 1.66. The van der Waals surface area contributed by atoms with Crippen LogP contribution in [0.4, 0.5) is 0 Å². The van der Waals surface area contributed by atoms with Crippen LogP contribution < -0.4 is 11.2 Å². The minimum atomic E-state index is -0.300. The summed E-state index contributed by atoms with van der Waals surface area (Å²) in [6, 6.07) is 0. The summed E-state index contributed by atoms with van der Waals surface area (Å²) in [4.78, 5) is 28.9. The second-order valence-corrected chi connectivity index (χ2v) is 6.11. The van der Waals surface area contributed by atoms with Gasteiger partial charge in [-0.25, -0.2) is 9.78 Å². The number of imidazole rings is 1. The van der Waals surface area contributed by atoms with Crippen LogP contribution in [0.3, 0.4) is 0 Å². The molecule has 0 saturated heterocycles. The highest BCUT2D eigenvalue weighted by atomic mass is 16.2. The molecule has 0 amide bonds. The van der Waals surface area contributed by atoms with Crippen LogP contribution in [0.25, 0.3) is 11.2 Å². The summed E-state index contributed by atoms with van der Waals surface area (Å²) in [6.45, 7) is 9.51. The van der Waals surface area contributed by atoms with Crippen LogP contribution >= 0.6 is 0 Å². The molecule has 0 aliphatic carbocycles. The van der Waals surface area contributed by atoms with E-state index in [0.717, 1.165) is 0 Å². The van der Waals surface area contributed by atoms with Crippen LogP contribution in [0.5, 0.6) is 0 Å². The molecule has 0 bridgehead atoms. The van der Waals surface area contributed by atoms with Gasteiger partial charge in [0.05, 0.1) is 6.33 Å². The van der Waals surface area contributed by atoms with Crippen molar-refractivity contribution in [2.24, 2.45) is 18.9 Å². The Hall–Kier alpha value is -1.85. The second kappa shape index (κ2) is 5.26. The normalized spacial score (nSPS) is 11.9. The van der Waals surface area contributed by atoms with E-state index in [-0.39, 0.29) is 11.2 Å². The summed E-state index contributed by atoms with van der Waals surface area (Å²) in [5, 5.41) is 0. The molecule has 0 atom stereocenters. The highest BCUT2D eigenvalue weighted by Crippen LogP contribution is 2.10. The fourth-order valence-corrected chi connectivity index (χ4v) is 2.37. The van der Waals surface area contributed by atoms with E-state index in [4.69, 9.17) is 0 Å². The molecule has 2 heterocycles. The summed E-state index contributed by atoms with van der Waals surface area (Å²) in [5.41, 5.74) is 0.433. The van der Waals surface area contributed by atoms with E-state index in [0.29, 0.717) is 36.1 Å². The second-order valence-electron chi connectivity index (χ2n) is 6.11. The van der Waals surface area contributed by atoms with Gasteiger partial charge in [0.15, 0.2) is 11.2 Å². The maximum Gasteiger partial charge on any atom is 0.332 e. The van der Waals surface area contributed by atoms with Crippen LogP contribution in [0, 0.1) is 11.8 Å². The number of fused-ring (bicyclic) bond motifs is 1. The van der Waals surface area contributed by atoms with Gasteiger partial charge in [0, 0.05) is 20.1 Å². The minimum absolute atomic E-state index is 0.275. The molecule has 2 aromatic heterocycles. The zero-order valence-corrected chi connectivity index (χ0v) is 12.8. The van der Waals surface area contributed by atoms with Crippen LogP contribution in [-0.2, 0) is 20.1 Å². The van der Waals surface area contributed by atoms with Gasteiger partial charge in [0.2, 0.25) is 0 Å². The molecule has 0 N–H and O–H groups in total. The number of nitrogens with zero attached hydrogens (tertiary/aromatic N) is 4. The van der Waals surface area contributed by atoms with Crippen molar-refractivity contribution < 1.29 is 0 Å². The van der Waals surface area contributed by atoms with Crippen LogP contribution in [0.1, 0.15) is 27.7 Å². The summed E-state index contributed by atoms with van der Waals surface area (Å²) >= 11 is 0. The zero-order valence-electron chi connectivity index (χ0n) is 12.8. The predicted octanol–water partition coefficient (Wildman–Crippen LogP) is 1.21. The molecule has 0 saturated carbocycles. The van der Waals surface area contributed by atoms with E-state index in [2.05, 4.69) is 18.8 Å². The molecule has 0 aromatic carbocycles. The topological polar surface area (TPSA) is 61.8 Å². The molecule has 20 heavy (non-hydrogen) atoms. The maximum atomic E-state index is 12.3. The van der Waals surface area contributed by atoms with Gasteiger partial charge in [-0.05, 0) is 11.8 Å². The van der Waals surface area contributed by atoms with Crippen molar-refractivity contribution in [3.05, 3.63) is 27.2 Å². The molecular weight excluding hydrogens is 256 g/mol. The molecule has 2 rings (SSSR count). The average molecular weight is 278 g/mol. The third-order valence-corrected chi connectivity index (χ3v) is 3.21. The molecule has 0 aliphatic heterocycles. The first-order chi connectivity index (χ1) is 9.32. The van der Waals surface area contributed by atoms with Gasteiger partial charge >= 0.3 is 5.69 Å². The molecule has 2 aromatic rings. The maximum absolute atomic E-state index is 12.3. The lowest BCUT2D eigenvalue weighted by Crippen LogP contribution is -2.39. The number of hydrogen-bond donors (Lipinski definition) is 0. The Morgan fingerprint density at radius 2 is 1.70 bits per heavy atom. The molecule has 110 valence electrons. The Morgan fingerprint density at radius 3 is 2.25 bits per heavy atom. The standard InChI is InChI=1S/C14H22N4O2/c1-9(2)6-17-8-15-12-11(17)13(19)16(5)14(20)18(12)7-10(3)4/h8-10H,6-7H2,1-5H3. The van der Waals surface area contributed by atoms with E-state index < -0.39 is 0 Å². The highest BCUT2D eigenvalue weighted by molar-refractivity contribution is 5.70. The minimum Gasteiger partial charge on any atom is -0.324 e. The quantitative estimate of drug-likeness (QED) is 0.844. The molecule has 6 nitrogen and oxygen atoms in total. The van der Waals surface area contributed by atoms with Gasteiger partial charge in [-0.3, -0.25) is 13.9 Å². The summed E-state index contributed by atoms with van der Waals surface area (Å²) in [7, 11) is 1.52. The van der Waals surface area contributed by atoms with Gasteiger partial charge in [-0.1, -0.05) is 27.7 Å². The van der Waals surface area contributed by atoms with E-state index in [9.17, 15) is 9.59 Å². The molecule has 0 unspecified atom stereocenters. The predicted molar refractivity (Wildman–Crippen MR) is 78.9 cm³/mol. The Morgan fingerprint density at radius 1 is 1.10 bits per heavy atom. The first-order valence-corrected chi connectivity index (χ1v) is 6.97. The zero-order chi connectivity index (χ0) is 15.0. The monoisotopic (exact) mass is 278 g/mol. The smallest absolute Gasteiger partial charge is 0.324 e. The van der Waals surface area contributed by atoms with Crippen molar-refractivity contribution in [3.63, 3.8) is 0 Å². The largest absolute Gasteiger partial charge is 0.332 e. The van der Waals surface area contributed by atoms with Crippen molar-refractivity contribution in [2.45, 2.75) is 40.8 Å². The fourth-order valence-electron chi connectivity index (χ4n) is 2.37. The van der Waals surface area contributed by atoms with Crippen molar-refractivity contribution in [3.8, 4) is 0 Å². The van der Waals surface area contributed by atoms with E-state index in [1.165, 1.54) is 11.6 Å². The average Bonchev–Trinajstić information content (AvgIpc) is 2.74. The van der Waals surface area contributed by atoms with Gasteiger partial charge < -0.3 is 4.57 Å². The molecule has 0 aliphatic rings. The van der Waals surface area contributed by atoms with Crippen molar-refractivity contribution in [2.75, 3.05) is 0 Å². The number of rotatable bonds is 4. The third-order valence-electron chi connectivity index (χ3n) is 3.21. The van der Waals surface area contributed by atoms with Gasteiger partial charge in [-0.15, -0.1) is 0 Å². The molecule has 0 spiro atoms. The van der Waals surface area contributed by atoms with Crippen molar-refractivity contribution >= 4 is 11.2 Å². The van der Waals surface area contributed by atoms with E-state index in [1.807, 2.05) is 18.4 Å². The summed E-state index contributed by atoms with van der Waals surface area (Å²) < 4.78 is 4.61. The van der Waals surface area contributed by atoms with Crippen LogP contribution in [0.15, 0.2) is 15.9 Å². The SMILES string of the molecule is CC(C)Cn1cnc2c1c(=O)n(C)c(=O)n2CC(C)C. The first-order valence-electron chi connectivity index (χ1n) is 6.97. The van der Waals surface area contributed by atoms with Crippen molar-refractivity contribution in [1.29, 1.82) is 0 Å². The lowest BCUT2D eigenvalue weighted by Gasteiger charge is -2.12. The Bertz CT molecular complexity index is 734. The van der Waals surface area contributed by atoms with Gasteiger partial charge in [0.1, 0.15) is 0 Å². The Kier molecular flexibility index (Phi) is 3.83. The third kappa shape index (κ3) is 2.42. The molecule has 6 heteroatoms. The Balaban J connectivity index is 2.78. The molecular formula is C14H22N4O2. The lowest BCUT2D eigenvalue weighted by molar-refractivity contribution is 0.498. The van der Waals surface area contributed by atoms with Gasteiger partial charge in [0.25, 0.3) is 5.56 Å². The van der Waals surface area contributed by atoms with E-state index in [1.54, 1.807) is 10.9 Å². The van der Waals surface area contributed by atoms with Crippen LogP contribution in [0.2, 0.25) is 0 Å². The number of hydrogen-bond acceptors (Lipinski definition) is 3. The van der Waals surface area contributed by atoms with Crippen LogP contribution in [-0.4, -0.2) is 18.7 Å². The van der Waals surface area contributed by atoms with Gasteiger partial charge in [-0.2, -0.15) is 0 Å². The fraction of sp³-hybridized carbons (Fsp3) is 0.643. The first kappa shape index (κ1) is 14.6. The summed E-state index contributed by atoms with van der Waals surface area (Å²) in [5.74, 6) is 0.714. The molecule has 0 radical (unpaired) electrons. The lowest BCUT2D eigenvalue weighted by atomic mass is 10.2. The molecule has 0 fully saturated rings. The van der Waals surface area contributed by atoms with Crippen molar-refractivity contribution in [1.82, 2.24) is 18.7 Å². The Labute approximate surface area is 117 Å². The van der Waals surface area contributed by atoms with E-state index >= 15 is 0 Å². The highest BCUT2D eigenvalue weighted by Gasteiger charge is 2.17.